The van der Waals surface area contributed by atoms with E-state index in [1.54, 1.807) is 55.4 Å². The van der Waals surface area contributed by atoms with Crippen LogP contribution in [0.15, 0.2) is 0 Å². The van der Waals surface area contributed by atoms with E-state index in [-0.39, 0.29) is 0 Å². The smallest absolute Gasteiger partial charge is 0.325 e. The molecule has 0 aromatic carbocycles. The first kappa shape index (κ1) is 37.6. The fraction of sp³-hybridized carbons (Fsp3) is 0.933. The molecule has 0 aromatic rings. The number of nitrogens with two attached hydrogens (primary N) is 2. The highest BCUT2D eigenvalue weighted by atomic mass is 16.9. The molecule has 0 bridgehead atoms. The molecule has 0 amide bonds. The predicted molar refractivity (Wildman–Crippen MR) is 157 cm³/mol. The van der Waals surface area contributed by atoms with Crippen LogP contribution in [-0.4, -0.2) is 145 Å². The molecule has 0 radical (unpaired) electrons. The molecule has 6 saturated heterocycles. The van der Waals surface area contributed by atoms with E-state index in [1.165, 1.54) is 14.2 Å². The first-order chi connectivity index (χ1) is 22.1. The molecule has 18 heteroatoms. The van der Waals surface area contributed by atoms with Crippen molar-refractivity contribution in [2.24, 2.45) is 11.5 Å². The Balaban J connectivity index is 0.000000188. The molecule has 0 aliphatic carbocycles. The molecule has 48 heavy (non-hydrogen) atoms. The number of methoxy groups -OCH3 is 2. The second-order valence-electron chi connectivity index (χ2n) is 14.3. The number of hydrogen-bond acceptors (Lipinski definition) is 18. The standard InChI is InChI=1S/2C15H25NO8/c2*1-14(2)21-9-8(7(17)6(16)12(18)19-5)20-13-11(10(9)22-14)23-15(3,4)24-13/h2*6-11,13,17H,16H2,1-5H3/t2*6-,7+,8+,9-,10-,11+,13+/m00/s1. The number of carbonyl (C=O) groups is 2. The number of aliphatic hydroxyl groups excluding tert-OH is 2. The largest absolute Gasteiger partial charge is 0.468 e. The quantitative estimate of drug-likeness (QED) is 0.231. The Morgan fingerprint density at radius 3 is 1.10 bits per heavy atom. The maximum absolute atomic E-state index is 11.7. The second kappa shape index (κ2) is 13.2. The lowest BCUT2D eigenvalue weighted by molar-refractivity contribution is -0.254. The first-order valence-corrected chi connectivity index (χ1v) is 15.9. The van der Waals surface area contributed by atoms with Crippen molar-refractivity contribution in [3.05, 3.63) is 0 Å². The van der Waals surface area contributed by atoms with Crippen LogP contribution >= 0.6 is 0 Å². The SMILES string of the molecule is COC(=O)[C@@H](N)[C@@H](O)[C@H]1O[C@@H]2OC(C)(C)O[C@@H]2[C@H]2OC(C)(C)O[C@H]21.COC(=O)[C@@H](N)[C@@H](O)[C@H]1O[C@@H]2OC(C)(C)O[C@@H]2[C@H]2OC(C)(C)O[C@H]21. The lowest BCUT2D eigenvalue weighted by atomic mass is 9.92. The van der Waals surface area contributed by atoms with Crippen molar-refractivity contribution in [2.45, 2.75) is 164 Å². The van der Waals surface area contributed by atoms with Crippen molar-refractivity contribution in [2.75, 3.05) is 14.2 Å². The highest BCUT2D eigenvalue weighted by Crippen LogP contribution is 2.46. The third-order valence-electron chi connectivity index (χ3n) is 8.74. The van der Waals surface area contributed by atoms with Crippen molar-refractivity contribution >= 4 is 11.9 Å². The van der Waals surface area contributed by atoms with Crippen LogP contribution in [0.4, 0.5) is 0 Å². The summed E-state index contributed by atoms with van der Waals surface area (Å²) >= 11 is 0. The van der Waals surface area contributed by atoms with E-state index in [4.69, 9.17) is 58.8 Å². The average molecular weight is 695 g/mol. The molecular formula is C30H50N2O16. The Hall–Kier alpha value is -1.62. The van der Waals surface area contributed by atoms with Gasteiger partial charge < -0.3 is 78.5 Å². The molecule has 6 heterocycles. The van der Waals surface area contributed by atoms with Gasteiger partial charge in [0, 0.05) is 0 Å². The highest BCUT2D eigenvalue weighted by molar-refractivity contribution is 5.76. The molecule has 0 aromatic heterocycles. The molecule has 0 unspecified atom stereocenters. The number of rotatable bonds is 6. The van der Waals surface area contributed by atoms with Gasteiger partial charge in [0.05, 0.1) is 14.2 Å². The Labute approximate surface area is 278 Å². The number of ether oxygens (including phenoxy) is 12. The Morgan fingerprint density at radius 2 is 0.792 bits per heavy atom. The minimum Gasteiger partial charge on any atom is -0.468 e. The summed E-state index contributed by atoms with van der Waals surface area (Å²) in [6.45, 7) is 14.1. The van der Waals surface area contributed by atoms with Gasteiger partial charge in [-0.1, -0.05) is 0 Å². The highest BCUT2D eigenvalue weighted by Gasteiger charge is 2.64. The number of fused-ring (bicyclic) bond motifs is 6. The van der Waals surface area contributed by atoms with Crippen molar-refractivity contribution in [3.8, 4) is 0 Å². The van der Waals surface area contributed by atoms with E-state index in [0.717, 1.165) is 0 Å². The number of aliphatic hydroxyl groups is 2. The first-order valence-electron chi connectivity index (χ1n) is 15.9. The molecule has 6 N–H and O–H groups in total. The van der Waals surface area contributed by atoms with Crippen molar-refractivity contribution < 1.29 is 76.6 Å². The zero-order valence-electron chi connectivity index (χ0n) is 28.8. The molecule has 6 rings (SSSR count). The molecule has 0 saturated carbocycles. The fourth-order valence-corrected chi connectivity index (χ4v) is 6.79. The maximum atomic E-state index is 11.7. The molecule has 0 spiro atoms. The van der Waals surface area contributed by atoms with Gasteiger partial charge in [-0.3, -0.25) is 9.59 Å². The number of carbonyl (C=O) groups excluding carboxylic acids is 2. The lowest BCUT2D eigenvalue weighted by Crippen LogP contribution is -2.62. The van der Waals surface area contributed by atoms with Crippen LogP contribution < -0.4 is 11.5 Å². The van der Waals surface area contributed by atoms with Crippen LogP contribution in [0.1, 0.15) is 55.4 Å². The Morgan fingerprint density at radius 1 is 0.521 bits per heavy atom. The number of hydrogen-bond donors (Lipinski definition) is 4. The van der Waals surface area contributed by atoms with Gasteiger partial charge in [-0.15, -0.1) is 0 Å². The summed E-state index contributed by atoms with van der Waals surface area (Å²) in [5.74, 6) is -4.99. The molecule has 6 fully saturated rings. The second-order valence-corrected chi connectivity index (χ2v) is 14.3. The third kappa shape index (κ3) is 7.38. The van der Waals surface area contributed by atoms with Crippen LogP contribution in [0, 0.1) is 0 Å². The molecular weight excluding hydrogens is 644 g/mol. The summed E-state index contributed by atoms with van der Waals surface area (Å²) in [7, 11) is 2.40. The molecule has 6 aliphatic heterocycles. The Kier molecular flexibility index (Phi) is 10.3. The maximum Gasteiger partial charge on any atom is 0.325 e. The summed E-state index contributed by atoms with van der Waals surface area (Å²) in [6, 6.07) is -2.56. The van der Waals surface area contributed by atoms with Crippen LogP contribution in [0.2, 0.25) is 0 Å². The van der Waals surface area contributed by atoms with Gasteiger partial charge in [-0.25, -0.2) is 0 Å². The Bertz CT molecular complexity index is 1110. The van der Waals surface area contributed by atoms with Gasteiger partial charge in [0.1, 0.15) is 73.1 Å². The van der Waals surface area contributed by atoms with Crippen molar-refractivity contribution in [1.82, 2.24) is 0 Å². The van der Waals surface area contributed by atoms with E-state index in [2.05, 4.69) is 9.47 Å². The minimum atomic E-state index is -1.35. The normalized spacial score (nSPS) is 42.0. The molecule has 6 aliphatic rings. The van der Waals surface area contributed by atoms with Gasteiger partial charge in [0.15, 0.2) is 35.7 Å². The monoisotopic (exact) mass is 694 g/mol. The number of esters is 2. The van der Waals surface area contributed by atoms with E-state index < -0.39 is 121 Å². The van der Waals surface area contributed by atoms with Crippen LogP contribution in [-0.2, 0) is 66.4 Å². The summed E-state index contributed by atoms with van der Waals surface area (Å²) in [4.78, 5) is 23.3. The predicted octanol–water partition coefficient (Wildman–Crippen LogP) is -1.51. The van der Waals surface area contributed by atoms with E-state index in [0.29, 0.717) is 0 Å². The van der Waals surface area contributed by atoms with E-state index in [1.807, 2.05) is 0 Å². The van der Waals surface area contributed by atoms with Crippen LogP contribution in [0.25, 0.3) is 0 Å². The van der Waals surface area contributed by atoms with Gasteiger partial charge in [0.2, 0.25) is 0 Å². The molecule has 18 nitrogen and oxygen atoms in total. The summed E-state index contributed by atoms with van der Waals surface area (Å²) < 4.78 is 67.7. The fourth-order valence-electron chi connectivity index (χ4n) is 6.79. The average Bonchev–Trinajstić information content (AvgIpc) is 3.70. The summed E-state index contributed by atoms with van der Waals surface area (Å²) in [6.07, 6.45) is -9.47. The summed E-state index contributed by atoms with van der Waals surface area (Å²) in [5, 5.41) is 21.1. The van der Waals surface area contributed by atoms with Gasteiger partial charge in [-0.05, 0) is 55.4 Å². The summed E-state index contributed by atoms with van der Waals surface area (Å²) in [5.41, 5.74) is 11.5. The van der Waals surface area contributed by atoms with Crippen LogP contribution in [0.5, 0.6) is 0 Å². The van der Waals surface area contributed by atoms with Gasteiger partial charge in [-0.2, -0.15) is 0 Å². The topological polar surface area (TPSA) is 237 Å². The third-order valence-corrected chi connectivity index (χ3v) is 8.74. The van der Waals surface area contributed by atoms with Gasteiger partial charge >= 0.3 is 11.9 Å². The van der Waals surface area contributed by atoms with E-state index >= 15 is 0 Å². The lowest BCUT2D eigenvalue weighted by Gasteiger charge is -2.40. The zero-order valence-corrected chi connectivity index (χ0v) is 28.8. The van der Waals surface area contributed by atoms with Crippen molar-refractivity contribution in [3.63, 3.8) is 0 Å². The van der Waals surface area contributed by atoms with Crippen molar-refractivity contribution in [1.29, 1.82) is 0 Å². The van der Waals surface area contributed by atoms with E-state index in [9.17, 15) is 19.8 Å². The molecule has 14 atom stereocenters. The minimum absolute atomic E-state index is 0.510. The van der Waals surface area contributed by atoms with Gasteiger partial charge in [0.25, 0.3) is 0 Å². The zero-order chi connectivity index (χ0) is 35.7. The van der Waals surface area contributed by atoms with Crippen LogP contribution in [0.3, 0.4) is 0 Å². The molecule has 276 valence electrons.